The maximum Gasteiger partial charge on any atom is 0.277 e. The van der Waals surface area contributed by atoms with E-state index in [1.807, 2.05) is 37.3 Å². The highest BCUT2D eigenvalue weighted by molar-refractivity contribution is 6.99. The fraction of sp³-hybridized carbons (Fsp3) is 0.258. The van der Waals surface area contributed by atoms with Gasteiger partial charge < -0.3 is 9.74 Å². The van der Waals surface area contributed by atoms with Crippen LogP contribution in [0.25, 0.3) is 6.08 Å². The zero-order valence-corrected chi connectivity index (χ0v) is 23.6. The summed E-state index contributed by atoms with van der Waals surface area (Å²) in [6, 6.07) is 26.9. The van der Waals surface area contributed by atoms with Crippen molar-refractivity contribution in [3.05, 3.63) is 101 Å². The standard InChI is InChI=1S/C31H34N2O4Si/c1-22-18-24(19-28-30(36)33(23(2)34)20-29(35)32-28)16-17-25(22)21-37-38(31(3,4)5,26-12-8-6-9-13-26)27-14-10-7-11-15-27/h6-19H,20-21H2,1-5H3,(H,32,35). The van der Waals surface area contributed by atoms with Crippen molar-refractivity contribution in [3.8, 4) is 0 Å². The summed E-state index contributed by atoms with van der Waals surface area (Å²) < 4.78 is 7.06. The van der Waals surface area contributed by atoms with Crippen molar-refractivity contribution in [2.75, 3.05) is 6.54 Å². The van der Waals surface area contributed by atoms with Gasteiger partial charge in [0.2, 0.25) is 11.8 Å². The first-order valence-corrected chi connectivity index (χ1v) is 14.6. The molecule has 0 aliphatic carbocycles. The number of rotatable bonds is 6. The number of piperazine rings is 1. The van der Waals surface area contributed by atoms with Crippen molar-refractivity contribution < 1.29 is 18.8 Å². The van der Waals surface area contributed by atoms with Gasteiger partial charge in [-0.15, -0.1) is 0 Å². The van der Waals surface area contributed by atoms with Gasteiger partial charge in [-0.2, -0.15) is 0 Å². The smallest absolute Gasteiger partial charge is 0.277 e. The highest BCUT2D eigenvalue weighted by atomic mass is 28.4. The van der Waals surface area contributed by atoms with Crippen LogP contribution in [-0.2, 0) is 25.4 Å². The number of benzene rings is 3. The Bertz CT molecular complexity index is 1340. The summed E-state index contributed by atoms with van der Waals surface area (Å²) in [4.78, 5) is 37.4. The second kappa shape index (κ2) is 10.9. The Morgan fingerprint density at radius 2 is 1.55 bits per heavy atom. The summed E-state index contributed by atoms with van der Waals surface area (Å²) >= 11 is 0. The number of hydrogen-bond acceptors (Lipinski definition) is 4. The number of hydrogen-bond donors (Lipinski definition) is 1. The Kier molecular flexibility index (Phi) is 7.80. The van der Waals surface area contributed by atoms with Crippen molar-refractivity contribution in [2.45, 2.75) is 46.3 Å². The van der Waals surface area contributed by atoms with Crippen LogP contribution in [0.15, 0.2) is 84.6 Å². The van der Waals surface area contributed by atoms with Gasteiger partial charge in [-0.05, 0) is 45.1 Å². The van der Waals surface area contributed by atoms with Crippen LogP contribution < -0.4 is 15.7 Å². The van der Waals surface area contributed by atoms with Gasteiger partial charge in [0.25, 0.3) is 14.2 Å². The molecule has 0 radical (unpaired) electrons. The van der Waals surface area contributed by atoms with Gasteiger partial charge in [0.15, 0.2) is 0 Å². The van der Waals surface area contributed by atoms with Crippen LogP contribution in [0.2, 0.25) is 5.04 Å². The molecule has 1 fully saturated rings. The fourth-order valence-corrected chi connectivity index (χ4v) is 9.57. The predicted molar refractivity (Wildman–Crippen MR) is 152 cm³/mol. The van der Waals surface area contributed by atoms with Gasteiger partial charge in [-0.1, -0.05) is 99.6 Å². The van der Waals surface area contributed by atoms with Gasteiger partial charge in [0, 0.05) is 6.92 Å². The summed E-state index contributed by atoms with van der Waals surface area (Å²) in [5, 5.41) is 4.91. The molecule has 0 saturated carbocycles. The number of amides is 3. The van der Waals surface area contributed by atoms with Crippen LogP contribution in [0, 0.1) is 6.92 Å². The molecule has 1 aliphatic heterocycles. The van der Waals surface area contributed by atoms with E-state index in [0.717, 1.165) is 21.6 Å². The van der Waals surface area contributed by atoms with Gasteiger partial charge >= 0.3 is 0 Å². The minimum atomic E-state index is -2.68. The highest BCUT2D eigenvalue weighted by Crippen LogP contribution is 2.37. The van der Waals surface area contributed by atoms with Crippen molar-refractivity contribution in [1.29, 1.82) is 0 Å². The van der Waals surface area contributed by atoms with Crippen LogP contribution in [0.1, 0.15) is 44.4 Å². The van der Waals surface area contributed by atoms with E-state index in [9.17, 15) is 14.4 Å². The molecular formula is C31H34N2O4Si. The average molecular weight is 527 g/mol. The van der Waals surface area contributed by atoms with E-state index in [1.165, 1.54) is 17.3 Å². The van der Waals surface area contributed by atoms with Gasteiger partial charge in [-0.3, -0.25) is 19.3 Å². The van der Waals surface area contributed by atoms with E-state index in [4.69, 9.17) is 4.43 Å². The number of nitrogens with zero attached hydrogens (tertiary/aromatic N) is 1. The lowest BCUT2D eigenvalue weighted by Crippen LogP contribution is -2.66. The molecule has 3 aromatic carbocycles. The zero-order valence-electron chi connectivity index (χ0n) is 22.6. The molecule has 1 heterocycles. The summed E-state index contributed by atoms with van der Waals surface area (Å²) in [6.07, 6.45) is 1.61. The topological polar surface area (TPSA) is 75.7 Å². The van der Waals surface area contributed by atoms with Gasteiger partial charge in [0.1, 0.15) is 12.2 Å². The molecule has 1 N–H and O–H groups in total. The number of carbonyl (C=O) groups excluding carboxylic acids is 3. The normalized spacial score (nSPS) is 15.5. The summed E-state index contributed by atoms with van der Waals surface area (Å²) in [5.41, 5.74) is 2.90. The van der Waals surface area contributed by atoms with Gasteiger partial charge in [-0.25, -0.2) is 0 Å². The molecular weight excluding hydrogens is 492 g/mol. The van der Waals surface area contributed by atoms with E-state index < -0.39 is 26.0 Å². The van der Waals surface area contributed by atoms with Crippen molar-refractivity contribution in [1.82, 2.24) is 10.2 Å². The predicted octanol–water partition coefficient (Wildman–Crippen LogP) is 3.92. The van der Waals surface area contributed by atoms with E-state index >= 15 is 0 Å². The molecule has 4 rings (SSSR count). The first-order valence-electron chi connectivity index (χ1n) is 12.7. The molecule has 1 saturated heterocycles. The third kappa shape index (κ3) is 5.39. The molecule has 7 heteroatoms. The van der Waals surface area contributed by atoms with Crippen molar-refractivity contribution >= 4 is 42.5 Å². The molecule has 6 nitrogen and oxygen atoms in total. The van der Waals surface area contributed by atoms with E-state index in [-0.39, 0.29) is 17.3 Å². The number of aryl methyl sites for hydroxylation is 1. The largest absolute Gasteiger partial charge is 0.403 e. The third-order valence-corrected chi connectivity index (χ3v) is 12.0. The maximum atomic E-state index is 12.7. The molecule has 1 aliphatic rings. The monoisotopic (exact) mass is 526 g/mol. The zero-order chi connectivity index (χ0) is 27.5. The minimum Gasteiger partial charge on any atom is -0.403 e. The number of carbonyl (C=O) groups is 3. The van der Waals surface area contributed by atoms with E-state index in [2.05, 4.69) is 74.6 Å². The van der Waals surface area contributed by atoms with Gasteiger partial charge in [0.05, 0.1) is 6.61 Å². The number of imide groups is 1. The summed E-state index contributed by atoms with van der Waals surface area (Å²) in [5.74, 6) is -1.35. The number of nitrogens with one attached hydrogen (secondary N) is 1. The second-order valence-electron chi connectivity index (χ2n) is 10.7. The van der Waals surface area contributed by atoms with Crippen LogP contribution >= 0.6 is 0 Å². The Hall–Kier alpha value is -3.81. The molecule has 3 amide bonds. The van der Waals surface area contributed by atoms with Crippen molar-refractivity contribution in [3.63, 3.8) is 0 Å². The summed E-state index contributed by atoms with van der Waals surface area (Å²) in [7, 11) is -2.68. The molecule has 0 bridgehead atoms. The Balaban J connectivity index is 1.66. The molecule has 0 aromatic heterocycles. The molecule has 38 heavy (non-hydrogen) atoms. The fourth-order valence-electron chi connectivity index (χ4n) is 5.04. The average Bonchev–Trinajstić information content (AvgIpc) is 2.88. The van der Waals surface area contributed by atoms with Crippen LogP contribution in [0.4, 0.5) is 0 Å². The van der Waals surface area contributed by atoms with Crippen molar-refractivity contribution in [2.24, 2.45) is 0 Å². The lowest BCUT2D eigenvalue weighted by molar-refractivity contribution is -0.147. The Morgan fingerprint density at radius 3 is 2.05 bits per heavy atom. The first kappa shape index (κ1) is 27.2. The molecule has 3 aromatic rings. The summed E-state index contributed by atoms with van der Waals surface area (Å²) in [6.45, 7) is 10.2. The minimum absolute atomic E-state index is 0.0900. The van der Waals surface area contributed by atoms with Crippen LogP contribution in [-0.4, -0.2) is 37.5 Å². The van der Waals surface area contributed by atoms with E-state index in [0.29, 0.717) is 6.61 Å². The highest BCUT2D eigenvalue weighted by Gasteiger charge is 2.50. The van der Waals surface area contributed by atoms with Crippen LogP contribution in [0.3, 0.4) is 0 Å². The maximum absolute atomic E-state index is 12.7. The Morgan fingerprint density at radius 1 is 0.974 bits per heavy atom. The second-order valence-corrected chi connectivity index (χ2v) is 15.0. The third-order valence-electron chi connectivity index (χ3n) is 6.97. The lowest BCUT2D eigenvalue weighted by Gasteiger charge is -2.43. The first-order chi connectivity index (χ1) is 18.0. The quantitative estimate of drug-likeness (QED) is 0.390. The molecule has 196 valence electrons. The molecule has 0 unspecified atom stereocenters. The Labute approximate surface area is 225 Å². The van der Waals surface area contributed by atoms with Crippen LogP contribution in [0.5, 0.6) is 0 Å². The SMILES string of the molecule is CC(=O)N1CC(=O)NC(=Cc2ccc(CO[Si](c3ccccc3)(c3ccccc3)C(C)(C)C)c(C)c2)C1=O. The molecule has 0 spiro atoms. The molecule has 0 atom stereocenters. The lowest BCUT2D eigenvalue weighted by atomic mass is 10.0. The van der Waals surface area contributed by atoms with E-state index in [1.54, 1.807) is 6.08 Å².